The van der Waals surface area contributed by atoms with Crippen molar-refractivity contribution in [2.45, 2.75) is 56.7 Å². The Kier molecular flexibility index (Phi) is 12.0. The molecule has 1 unspecified atom stereocenters. The number of urea groups is 1. The Balaban J connectivity index is 1.41. The first kappa shape index (κ1) is 35.8. The molecular weight excluding hydrogens is 656 g/mol. The molecule has 6 atom stereocenters. The Bertz CT molecular complexity index is 1420. The number of aliphatic hydroxyl groups is 1. The number of nitrogens with two attached hydrogens (primary N) is 1. The number of carbonyl (C=O) groups is 5. The molecule has 1 aromatic rings. The molecule has 2 saturated heterocycles. The second-order valence-electron chi connectivity index (χ2n) is 11.5. The number of β-lactam (4-membered cyclic amide) rings is 1. The molecular formula is C29H38N6O10S2. The van der Waals surface area contributed by atoms with Crippen LogP contribution in [0.2, 0.25) is 0 Å². The summed E-state index contributed by atoms with van der Waals surface area (Å²) in [6.45, 7) is 3.92. The maximum Gasteiger partial charge on any atom is 0.410 e. The number of nitro groups is 1. The number of rotatable bonds is 15. The first-order valence-electron chi connectivity index (χ1n) is 15.0. The van der Waals surface area contributed by atoms with E-state index in [2.05, 4.69) is 10.6 Å². The number of aliphatic hydroxyl groups excluding tert-OH is 1. The van der Waals surface area contributed by atoms with E-state index in [-0.39, 0.29) is 67.2 Å². The van der Waals surface area contributed by atoms with Crippen LogP contribution in [0.3, 0.4) is 0 Å². The van der Waals surface area contributed by atoms with Crippen molar-refractivity contribution < 1.29 is 43.8 Å². The summed E-state index contributed by atoms with van der Waals surface area (Å²) < 4.78 is 5.57. The highest BCUT2D eigenvalue weighted by Gasteiger charge is 2.60. The van der Waals surface area contributed by atoms with Crippen molar-refractivity contribution in [3.05, 3.63) is 50.5 Å². The molecule has 0 bridgehead atoms. The zero-order chi connectivity index (χ0) is 34.4. The van der Waals surface area contributed by atoms with Gasteiger partial charge in [-0.25, -0.2) is 14.4 Å². The molecule has 4 rings (SSSR count). The molecule has 256 valence electrons. The van der Waals surface area contributed by atoms with Crippen molar-refractivity contribution in [2.75, 3.05) is 31.1 Å². The summed E-state index contributed by atoms with van der Waals surface area (Å²) in [5, 5.41) is 36.0. The zero-order valence-electron chi connectivity index (χ0n) is 25.8. The standard InChI is InChI=1S/C29H38N6O10S2/c1-15-23-22(16(2)36)26(38)34(23)24(27(39)40)25(15)47-20-11-19(14-46-10-7-21(37)31-8-9-32-28(30)41)33(12-20)29(42)45-13-17-3-5-18(6-4-17)35(43)44/h3-6,15-16,19-20,22-23,36H,7-14H2,1-2H3,(H,31,37)(H,39,40)(H3,30,32,41)/t15-,16?,19+,20+,22+,23-/m1/s1. The molecule has 5 amide bonds. The number of likely N-dealkylation sites (tertiary alicyclic amines) is 1. The Morgan fingerprint density at radius 3 is 2.49 bits per heavy atom. The first-order chi connectivity index (χ1) is 22.3. The van der Waals surface area contributed by atoms with Crippen LogP contribution in [-0.4, -0.2) is 109 Å². The summed E-state index contributed by atoms with van der Waals surface area (Å²) in [5.74, 6) is -1.94. The first-order valence-corrected chi connectivity index (χ1v) is 17.0. The number of non-ortho nitro benzene ring substituents is 1. The molecule has 0 aliphatic carbocycles. The average molecular weight is 695 g/mol. The van der Waals surface area contributed by atoms with Crippen LogP contribution in [0.4, 0.5) is 15.3 Å². The van der Waals surface area contributed by atoms with E-state index in [9.17, 15) is 44.3 Å². The number of amides is 5. The Morgan fingerprint density at radius 2 is 1.87 bits per heavy atom. The molecule has 3 heterocycles. The van der Waals surface area contributed by atoms with Crippen LogP contribution in [0.15, 0.2) is 34.9 Å². The van der Waals surface area contributed by atoms with E-state index < -0.39 is 47.0 Å². The molecule has 0 saturated carbocycles. The van der Waals surface area contributed by atoms with E-state index >= 15 is 0 Å². The molecule has 18 heteroatoms. The number of carboxylic acid groups (broad SMARTS) is 1. The van der Waals surface area contributed by atoms with Gasteiger partial charge in [0.05, 0.1) is 23.0 Å². The fourth-order valence-corrected chi connectivity index (χ4v) is 8.65. The van der Waals surface area contributed by atoms with Crippen molar-refractivity contribution in [1.29, 1.82) is 0 Å². The molecule has 0 spiro atoms. The third-order valence-electron chi connectivity index (χ3n) is 8.25. The smallest absolute Gasteiger partial charge is 0.410 e. The number of thioether (sulfide) groups is 2. The molecule has 0 radical (unpaired) electrons. The number of carboxylic acids is 1. The number of aliphatic carboxylic acids is 1. The van der Waals surface area contributed by atoms with E-state index in [1.54, 1.807) is 4.90 Å². The number of hydrogen-bond donors (Lipinski definition) is 5. The summed E-state index contributed by atoms with van der Waals surface area (Å²) in [6.07, 6.45) is -0.819. The van der Waals surface area contributed by atoms with E-state index in [0.29, 0.717) is 28.4 Å². The number of carbonyl (C=O) groups excluding carboxylic acids is 4. The molecule has 16 nitrogen and oxygen atoms in total. The lowest BCUT2D eigenvalue weighted by molar-refractivity contribution is -0.384. The molecule has 2 fully saturated rings. The topological polar surface area (TPSA) is 235 Å². The second kappa shape index (κ2) is 15.7. The predicted molar refractivity (Wildman–Crippen MR) is 172 cm³/mol. The minimum Gasteiger partial charge on any atom is -0.477 e. The number of benzene rings is 1. The van der Waals surface area contributed by atoms with Crippen molar-refractivity contribution >= 4 is 59.1 Å². The van der Waals surface area contributed by atoms with E-state index in [0.717, 1.165) is 0 Å². The van der Waals surface area contributed by atoms with Crippen LogP contribution in [-0.2, 0) is 25.7 Å². The van der Waals surface area contributed by atoms with Gasteiger partial charge in [0, 0.05) is 71.8 Å². The van der Waals surface area contributed by atoms with Gasteiger partial charge in [0.15, 0.2) is 0 Å². The predicted octanol–water partition coefficient (Wildman–Crippen LogP) is 1.47. The van der Waals surface area contributed by atoms with Crippen LogP contribution in [0.5, 0.6) is 0 Å². The van der Waals surface area contributed by atoms with Gasteiger partial charge in [-0.3, -0.25) is 19.7 Å². The highest BCUT2D eigenvalue weighted by Crippen LogP contribution is 2.52. The third-order valence-corrected chi connectivity index (χ3v) is 10.9. The summed E-state index contributed by atoms with van der Waals surface area (Å²) >= 11 is 2.79. The third kappa shape index (κ3) is 8.47. The van der Waals surface area contributed by atoms with Crippen LogP contribution in [0.25, 0.3) is 0 Å². The van der Waals surface area contributed by atoms with E-state index in [4.69, 9.17) is 10.5 Å². The Hall–Kier alpha value is -4.03. The lowest BCUT2D eigenvalue weighted by atomic mass is 9.79. The second-order valence-corrected chi connectivity index (χ2v) is 14.0. The number of nitrogens with zero attached hydrogens (tertiary/aromatic N) is 3. The average Bonchev–Trinajstić information content (AvgIpc) is 3.52. The number of nitrogens with one attached hydrogen (secondary N) is 2. The van der Waals surface area contributed by atoms with Crippen LogP contribution >= 0.6 is 23.5 Å². The highest BCUT2D eigenvalue weighted by molar-refractivity contribution is 8.03. The Labute approximate surface area is 278 Å². The molecule has 1 aromatic carbocycles. The Morgan fingerprint density at radius 1 is 1.19 bits per heavy atom. The molecule has 47 heavy (non-hydrogen) atoms. The quantitative estimate of drug-likeness (QED) is 0.0760. The van der Waals surface area contributed by atoms with E-state index in [1.807, 2.05) is 6.92 Å². The van der Waals surface area contributed by atoms with Crippen molar-refractivity contribution in [3.8, 4) is 0 Å². The minimum atomic E-state index is -1.23. The van der Waals surface area contributed by atoms with Crippen LogP contribution in [0, 0.1) is 22.0 Å². The van der Waals surface area contributed by atoms with Gasteiger partial charge >= 0.3 is 18.1 Å². The van der Waals surface area contributed by atoms with Gasteiger partial charge < -0.3 is 41.1 Å². The normalized spacial score (nSPS) is 24.0. The lowest BCUT2D eigenvalue weighted by Gasteiger charge is -2.46. The number of hydrogen-bond acceptors (Lipinski definition) is 11. The largest absolute Gasteiger partial charge is 0.477 e. The van der Waals surface area contributed by atoms with Gasteiger partial charge in [0.1, 0.15) is 12.3 Å². The number of nitro benzene ring substituents is 1. The number of primary amides is 1. The molecule has 3 aliphatic rings. The van der Waals surface area contributed by atoms with Crippen LogP contribution in [0.1, 0.15) is 32.3 Å². The fraction of sp³-hybridized carbons (Fsp3) is 0.552. The molecule has 6 N–H and O–H groups in total. The SMILES string of the molecule is CC(O)[C@@H]1C(=O)N2C(C(=O)O)=C(S[C@H]3C[C@@H](CSCCC(=O)NCCNC(N)=O)N(C(=O)OCc4ccc([N+](=O)[O-])cc4)C3)[C@H](C)[C@H]12. The number of fused-ring (bicyclic) bond motifs is 1. The number of ether oxygens (including phenoxy) is 1. The van der Waals surface area contributed by atoms with Crippen molar-refractivity contribution in [2.24, 2.45) is 17.6 Å². The zero-order valence-corrected chi connectivity index (χ0v) is 27.5. The highest BCUT2D eigenvalue weighted by atomic mass is 32.2. The van der Waals surface area contributed by atoms with Gasteiger partial charge in [-0.05, 0) is 31.0 Å². The van der Waals surface area contributed by atoms with Crippen LogP contribution < -0.4 is 16.4 Å². The van der Waals surface area contributed by atoms with Gasteiger partial charge in [-0.2, -0.15) is 11.8 Å². The minimum absolute atomic E-state index is 0.0865. The van der Waals surface area contributed by atoms with Gasteiger partial charge in [-0.1, -0.05) is 6.92 Å². The lowest BCUT2D eigenvalue weighted by Crippen LogP contribution is -2.63. The maximum atomic E-state index is 13.3. The van der Waals surface area contributed by atoms with Crippen molar-refractivity contribution in [1.82, 2.24) is 20.4 Å². The van der Waals surface area contributed by atoms with E-state index in [1.165, 1.54) is 59.6 Å². The van der Waals surface area contributed by atoms with Crippen molar-refractivity contribution in [3.63, 3.8) is 0 Å². The summed E-state index contributed by atoms with van der Waals surface area (Å²) in [4.78, 5) is 75.1. The summed E-state index contributed by atoms with van der Waals surface area (Å²) in [7, 11) is 0. The summed E-state index contributed by atoms with van der Waals surface area (Å²) in [5.41, 5.74) is 5.39. The monoisotopic (exact) mass is 694 g/mol. The molecule has 0 aromatic heterocycles. The van der Waals surface area contributed by atoms with Gasteiger partial charge in [0.25, 0.3) is 5.69 Å². The summed E-state index contributed by atoms with van der Waals surface area (Å²) in [6, 6.07) is 4.21. The molecule has 3 aliphatic heterocycles. The maximum absolute atomic E-state index is 13.3. The van der Waals surface area contributed by atoms with Gasteiger partial charge in [-0.15, -0.1) is 11.8 Å². The van der Waals surface area contributed by atoms with Gasteiger partial charge in [0.2, 0.25) is 11.8 Å². The fourth-order valence-electron chi connectivity index (χ4n) is 6.00.